The summed E-state index contributed by atoms with van der Waals surface area (Å²) in [5, 5.41) is 9.59. The fourth-order valence-corrected chi connectivity index (χ4v) is 2.22. The van der Waals surface area contributed by atoms with Gasteiger partial charge in [0.1, 0.15) is 5.75 Å². The highest BCUT2D eigenvalue weighted by Gasteiger charge is 2.41. The Morgan fingerprint density at radius 2 is 2.00 bits per heavy atom. The smallest absolute Gasteiger partial charge is 0.263 e. The van der Waals surface area contributed by atoms with Crippen LogP contribution >= 0.6 is 15.9 Å². The van der Waals surface area contributed by atoms with Gasteiger partial charge in [-0.05, 0) is 38.1 Å². The van der Waals surface area contributed by atoms with Gasteiger partial charge in [0.25, 0.3) is 5.91 Å². The second-order valence-electron chi connectivity index (χ2n) is 4.91. The summed E-state index contributed by atoms with van der Waals surface area (Å²) in [6.45, 7) is 4.19. The number of hydrogen-bond donors (Lipinski definition) is 1. The lowest BCUT2D eigenvalue weighted by molar-refractivity contribution is -0.158. The number of β-amino-alcohol motifs (C(OH)–C–C–N with tert-alkyl or cyclic N) is 1. The Bertz CT molecular complexity index is 436. The lowest BCUT2D eigenvalue weighted by Crippen LogP contribution is -2.63. The SMILES string of the molecule is CC(Oc1ccc(Br)cc1)C(=O)N1CC(C)(O)C1. The fraction of sp³-hybridized carbons (Fsp3) is 0.462. The molecule has 0 aromatic heterocycles. The predicted molar refractivity (Wildman–Crippen MR) is 71.4 cm³/mol. The molecule has 1 N–H and O–H groups in total. The van der Waals surface area contributed by atoms with Crippen LogP contribution in [-0.4, -0.2) is 40.7 Å². The van der Waals surface area contributed by atoms with Crippen LogP contribution in [0.5, 0.6) is 5.75 Å². The fourth-order valence-electron chi connectivity index (χ4n) is 1.96. The maximum atomic E-state index is 12.0. The number of benzene rings is 1. The third kappa shape index (κ3) is 3.03. The molecule has 1 aromatic rings. The maximum absolute atomic E-state index is 12.0. The van der Waals surface area contributed by atoms with Gasteiger partial charge in [-0.25, -0.2) is 0 Å². The van der Waals surface area contributed by atoms with Gasteiger partial charge < -0.3 is 14.7 Å². The molecule has 0 spiro atoms. The largest absolute Gasteiger partial charge is 0.481 e. The molecule has 0 bridgehead atoms. The molecule has 1 aliphatic rings. The lowest BCUT2D eigenvalue weighted by atomic mass is 9.96. The summed E-state index contributed by atoms with van der Waals surface area (Å²) >= 11 is 3.34. The van der Waals surface area contributed by atoms with Gasteiger partial charge in [-0.2, -0.15) is 0 Å². The van der Waals surface area contributed by atoms with Gasteiger partial charge >= 0.3 is 0 Å². The van der Waals surface area contributed by atoms with E-state index in [1.807, 2.05) is 12.1 Å². The molecule has 0 saturated carbocycles. The molecule has 4 nitrogen and oxygen atoms in total. The molecule has 0 radical (unpaired) electrons. The van der Waals surface area contributed by atoms with Crippen molar-refractivity contribution in [1.29, 1.82) is 0 Å². The summed E-state index contributed by atoms with van der Waals surface area (Å²) in [6.07, 6.45) is -0.540. The Hall–Kier alpha value is -1.07. The molecule has 1 saturated heterocycles. The normalized spacial score (nSPS) is 19.0. The zero-order valence-electron chi connectivity index (χ0n) is 10.4. The molecule has 5 heteroatoms. The van der Waals surface area contributed by atoms with E-state index in [0.29, 0.717) is 18.8 Å². The minimum absolute atomic E-state index is 0.0931. The average Bonchev–Trinajstić information content (AvgIpc) is 2.28. The summed E-state index contributed by atoms with van der Waals surface area (Å²) in [5.74, 6) is 0.566. The minimum atomic E-state index is -0.743. The van der Waals surface area contributed by atoms with E-state index < -0.39 is 11.7 Å². The summed E-state index contributed by atoms with van der Waals surface area (Å²) in [4.78, 5) is 13.6. The topological polar surface area (TPSA) is 49.8 Å². The highest BCUT2D eigenvalue weighted by Crippen LogP contribution is 2.22. The zero-order chi connectivity index (χ0) is 13.3. The first kappa shape index (κ1) is 13.4. The number of halogens is 1. The molecule has 1 aliphatic heterocycles. The molecule has 2 rings (SSSR count). The highest BCUT2D eigenvalue weighted by atomic mass is 79.9. The number of hydrogen-bond acceptors (Lipinski definition) is 3. The van der Waals surface area contributed by atoms with Crippen LogP contribution in [0.2, 0.25) is 0 Å². The molecule has 1 atom stereocenters. The van der Waals surface area contributed by atoms with E-state index in [1.165, 1.54) is 0 Å². The summed E-state index contributed by atoms with van der Waals surface area (Å²) in [6, 6.07) is 7.34. The first-order valence-electron chi connectivity index (χ1n) is 5.81. The van der Waals surface area contributed by atoms with Gasteiger partial charge in [-0.3, -0.25) is 4.79 Å². The number of nitrogens with zero attached hydrogens (tertiary/aromatic N) is 1. The number of ether oxygens (including phenoxy) is 1. The van der Waals surface area contributed by atoms with Crippen molar-refractivity contribution >= 4 is 21.8 Å². The average molecular weight is 314 g/mol. The van der Waals surface area contributed by atoms with Crippen molar-refractivity contribution in [2.24, 2.45) is 0 Å². The van der Waals surface area contributed by atoms with E-state index >= 15 is 0 Å². The van der Waals surface area contributed by atoms with Crippen molar-refractivity contribution in [2.75, 3.05) is 13.1 Å². The molecule has 1 amide bonds. The van der Waals surface area contributed by atoms with Crippen molar-refractivity contribution < 1.29 is 14.6 Å². The van der Waals surface area contributed by atoms with Crippen LogP contribution in [0.1, 0.15) is 13.8 Å². The number of carbonyl (C=O) groups is 1. The van der Waals surface area contributed by atoms with Crippen molar-refractivity contribution in [2.45, 2.75) is 25.6 Å². The number of carbonyl (C=O) groups excluding carboxylic acids is 1. The van der Waals surface area contributed by atoms with Crippen LogP contribution in [0.15, 0.2) is 28.7 Å². The summed E-state index contributed by atoms with van der Waals surface area (Å²) in [5.41, 5.74) is -0.743. The van der Waals surface area contributed by atoms with Crippen LogP contribution in [0.25, 0.3) is 0 Å². The van der Waals surface area contributed by atoms with E-state index in [1.54, 1.807) is 30.9 Å². The highest BCUT2D eigenvalue weighted by molar-refractivity contribution is 9.10. The zero-order valence-corrected chi connectivity index (χ0v) is 12.0. The lowest BCUT2D eigenvalue weighted by Gasteiger charge is -2.44. The standard InChI is InChI=1S/C13H16BrNO3/c1-9(12(16)15-7-13(2,17)8-15)18-11-5-3-10(14)4-6-11/h3-6,9,17H,7-8H2,1-2H3. The second kappa shape index (κ2) is 4.90. The van der Waals surface area contributed by atoms with E-state index in [9.17, 15) is 9.90 Å². The predicted octanol–water partition coefficient (Wildman–Crippen LogP) is 1.81. The van der Waals surface area contributed by atoms with Gasteiger partial charge in [0.15, 0.2) is 6.10 Å². The molecule has 18 heavy (non-hydrogen) atoms. The van der Waals surface area contributed by atoms with Crippen molar-refractivity contribution in [3.63, 3.8) is 0 Å². The quantitative estimate of drug-likeness (QED) is 0.926. The summed E-state index contributed by atoms with van der Waals surface area (Å²) < 4.78 is 6.53. The number of amides is 1. The Morgan fingerprint density at radius 1 is 1.44 bits per heavy atom. The second-order valence-corrected chi connectivity index (χ2v) is 5.82. The minimum Gasteiger partial charge on any atom is -0.481 e. The molecule has 1 aromatic carbocycles. The molecule has 0 aliphatic carbocycles. The van der Waals surface area contributed by atoms with Gasteiger partial charge in [0.2, 0.25) is 0 Å². The van der Waals surface area contributed by atoms with Crippen LogP contribution in [0.3, 0.4) is 0 Å². The Labute approximate surface area is 115 Å². The number of rotatable bonds is 3. The first-order valence-corrected chi connectivity index (χ1v) is 6.60. The monoisotopic (exact) mass is 313 g/mol. The number of aliphatic hydroxyl groups is 1. The molecular formula is C13H16BrNO3. The van der Waals surface area contributed by atoms with Crippen molar-refractivity contribution in [3.8, 4) is 5.75 Å². The molecular weight excluding hydrogens is 298 g/mol. The van der Waals surface area contributed by atoms with E-state index in [-0.39, 0.29) is 5.91 Å². The van der Waals surface area contributed by atoms with E-state index in [2.05, 4.69) is 15.9 Å². The number of likely N-dealkylation sites (tertiary alicyclic amines) is 1. The van der Waals surface area contributed by atoms with E-state index in [4.69, 9.17) is 4.74 Å². The maximum Gasteiger partial charge on any atom is 0.263 e. The van der Waals surface area contributed by atoms with Gasteiger partial charge in [0, 0.05) is 4.47 Å². The first-order chi connectivity index (χ1) is 8.37. The van der Waals surface area contributed by atoms with Crippen molar-refractivity contribution in [3.05, 3.63) is 28.7 Å². The van der Waals surface area contributed by atoms with Crippen LogP contribution in [0, 0.1) is 0 Å². The van der Waals surface area contributed by atoms with Crippen LogP contribution < -0.4 is 4.74 Å². The summed E-state index contributed by atoms with van der Waals surface area (Å²) in [7, 11) is 0. The van der Waals surface area contributed by atoms with Gasteiger partial charge in [-0.15, -0.1) is 0 Å². The van der Waals surface area contributed by atoms with Gasteiger partial charge in [-0.1, -0.05) is 15.9 Å². The van der Waals surface area contributed by atoms with Crippen molar-refractivity contribution in [1.82, 2.24) is 4.90 Å². The van der Waals surface area contributed by atoms with E-state index in [0.717, 1.165) is 4.47 Å². The molecule has 1 unspecified atom stereocenters. The van der Waals surface area contributed by atoms with Gasteiger partial charge in [0.05, 0.1) is 18.7 Å². The van der Waals surface area contributed by atoms with Crippen LogP contribution in [-0.2, 0) is 4.79 Å². The Balaban J connectivity index is 1.90. The molecule has 1 fully saturated rings. The molecule has 98 valence electrons. The third-order valence-corrected chi connectivity index (χ3v) is 3.38. The Morgan fingerprint density at radius 3 is 2.50 bits per heavy atom. The molecule has 1 heterocycles. The Kier molecular flexibility index (Phi) is 3.64. The van der Waals surface area contributed by atoms with Crippen LogP contribution in [0.4, 0.5) is 0 Å². The third-order valence-electron chi connectivity index (χ3n) is 2.85.